The standard InChI is InChI=1S/C21H28N4O6S2/c22-18(14-16-8-3-1-4-9-16)20(26)24-32(28,29)12-7-13-33(30,31)25-21(27)19(23)15-17-10-5-2-6-11-17/h1-6,8-11,18-19H,7,12-15,22-23H2,(H,24,26)(H,25,27)/t18-,19-/m0/s1. The Kier molecular flexibility index (Phi) is 9.53. The van der Waals surface area contributed by atoms with Crippen molar-refractivity contribution in [3.63, 3.8) is 0 Å². The van der Waals surface area contributed by atoms with Crippen molar-refractivity contribution in [2.75, 3.05) is 11.5 Å². The fourth-order valence-corrected chi connectivity index (χ4v) is 5.27. The van der Waals surface area contributed by atoms with Gasteiger partial charge in [-0.1, -0.05) is 60.7 Å². The van der Waals surface area contributed by atoms with Gasteiger partial charge in [-0.15, -0.1) is 0 Å². The van der Waals surface area contributed by atoms with Gasteiger partial charge in [0.15, 0.2) is 0 Å². The summed E-state index contributed by atoms with van der Waals surface area (Å²) in [6.07, 6.45) is -0.0508. The predicted octanol–water partition coefficient (Wildman–Crippen LogP) is -0.591. The highest BCUT2D eigenvalue weighted by Gasteiger charge is 2.23. The van der Waals surface area contributed by atoms with Crippen LogP contribution in [0.4, 0.5) is 0 Å². The lowest BCUT2D eigenvalue weighted by atomic mass is 10.1. The van der Waals surface area contributed by atoms with E-state index in [1.807, 2.05) is 9.44 Å². The van der Waals surface area contributed by atoms with Crippen LogP contribution in [0.1, 0.15) is 17.5 Å². The summed E-state index contributed by atoms with van der Waals surface area (Å²) in [5.41, 5.74) is 13.1. The third-order valence-electron chi connectivity index (χ3n) is 4.61. The van der Waals surface area contributed by atoms with Crippen molar-refractivity contribution in [3.05, 3.63) is 71.8 Å². The summed E-state index contributed by atoms with van der Waals surface area (Å²) in [5.74, 6) is -3.05. The molecular weight excluding hydrogens is 468 g/mol. The molecule has 2 aromatic rings. The highest BCUT2D eigenvalue weighted by Crippen LogP contribution is 2.04. The van der Waals surface area contributed by atoms with E-state index in [1.165, 1.54) is 0 Å². The zero-order valence-electron chi connectivity index (χ0n) is 17.9. The SMILES string of the molecule is N[C@@H](Cc1ccccc1)C(=O)NS(=O)(=O)CCCS(=O)(=O)NC(=O)[C@@H](N)Cc1ccccc1. The molecular formula is C21H28N4O6S2. The van der Waals surface area contributed by atoms with Crippen LogP contribution in [0.2, 0.25) is 0 Å². The van der Waals surface area contributed by atoms with Gasteiger partial charge in [0.25, 0.3) is 11.8 Å². The number of amides is 2. The van der Waals surface area contributed by atoms with E-state index in [2.05, 4.69) is 0 Å². The monoisotopic (exact) mass is 496 g/mol. The zero-order chi connectivity index (χ0) is 24.5. The zero-order valence-corrected chi connectivity index (χ0v) is 19.5. The topological polar surface area (TPSA) is 179 Å². The number of benzene rings is 2. The lowest BCUT2D eigenvalue weighted by molar-refractivity contribution is -0.121. The first-order valence-corrected chi connectivity index (χ1v) is 13.5. The summed E-state index contributed by atoms with van der Waals surface area (Å²) >= 11 is 0. The lowest BCUT2D eigenvalue weighted by Gasteiger charge is -2.14. The third-order valence-corrected chi connectivity index (χ3v) is 7.29. The number of nitrogens with one attached hydrogen (secondary N) is 2. The molecule has 0 aliphatic heterocycles. The number of sulfonamides is 2. The second kappa shape index (κ2) is 11.9. The van der Waals surface area contributed by atoms with Crippen molar-refractivity contribution in [2.24, 2.45) is 11.5 Å². The average Bonchev–Trinajstić information content (AvgIpc) is 2.74. The van der Waals surface area contributed by atoms with Gasteiger partial charge >= 0.3 is 0 Å². The van der Waals surface area contributed by atoms with E-state index in [-0.39, 0.29) is 19.3 Å². The Morgan fingerprint density at radius 3 is 1.33 bits per heavy atom. The molecule has 0 radical (unpaired) electrons. The minimum Gasteiger partial charge on any atom is -0.320 e. The Balaban J connectivity index is 1.79. The summed E-state index contributed by atoms with van der Waals surface area (Å²) in [6.45, 7) is 0. The van der Waals surface area contributed by atoms with Crippen LogP contribution < -0.4 is 20.9 Å². The molecule has 2 amide bonds. The van der Waals surface area contributed by atoms with Crippen molar-refractivity contribution < 1.29 is 26.4 Å². The van der Waals surface area contributed by atoms with Crippen molar-refractivity contribution in [1.29, 1.82) is 0 Å². The molecule has 0 bridgehead atoms. The molecule has 0 aliphatic carbocycles. The molecule has 0 heterocycles. The number of carbonyl (C=O) groups is 2. The van der Waals surface area contributed by atoms with Crippen LogP contribution in [-0.4, -0.2) is 52.2 Å². The first-order valence-electron chi connectivity index (χ1n) is 10.1. The quantitative estimate of drug-likeness (QED) is 0.301. The van der Waals surface area contributed by atoms with E-state index < -0.39 is 55.5 Å². The molecule has 0 aliphatic rings. The Morgan fingerprint density at radius 1 is 0.667 bits per heavy atom. The first-order chi connectivity index (χ1) is 15.5. The van der Waals surface area contributed by atoms with Crippen LogP contribution in [0.15, 0.2) is 60.7 Å². The molecule has 0 saturated heterocycles. The van der Waals surface area contributed by atoms with E-state index in [1.54, 1.807) is 60.7 Å². The highest BCUT2D eigenvalue weighted by atomic mass is 32.2. The molecule has 0 fully saturated rings. The van der Waals surface area contributed by atoms with Crippen LogP contribution in [0, 0.1) is 0 Å². The predicted molar refractivity (Wildman–Crippen MR) is 125 cm³/mol. The van der Waals surface area contributed by atoms with Gasteiger partial charge < -0.3 is 11.5 Å². The average molecular weight is 497 g/mol. The maximum absolute atomic E-state index is 12.1. The molecule has 2 aromatic carbocycles. The number of hydrogen-bond acceptors (Lipinski definition) is 8. The Hall–Kier alpha value is -2.80. The molecule has 6 N–H and O–H groups in total. The maximum Gasteiger partial charge on any atom is 0.250 e. The number of hydrogen-bond donors (Lipinski definition) is 4. The van der Waals surface area contributed by atoms with Gasteiger partial charge in [-0.3, -0.25) is 19.0 Å². The summed E-state index contributed by atoms with van der Waals surface area (Å²) in [5, 5.41) is 0. The number of rotatable bonds is 12. The number of carbonyl (C=O) groups excluding carboxylic acids is 2. The van der Waals surface area contributed by atoms with Crippen LogP contribution >= 0.6 is 0 Å². The molecule has 10 nitrogen and oxygen atoms in total. The summed E-state index contributed by atoms with van der Waals surface area (Å²) in [6, 6.07) is 15.5. The molecule has 2 atom stereocenters. The second-order valence-electron chi connectivity index (χ2n) is 7.52. The van der Waals surface area contributed by atoms with E-state index in [0.717, 1.165) is 11.1 Å². The van der Waals surface area contributed by atoms with E-state index >= 15 is 0 Å². The lowest BCUT2D eigenvalue weighted by Crippen LogP contribution is -2.46. The van der Waals surface area contributed by atoms with Crippen molar-refractivity contribution >= 4 is 31.9 Å². The normalized spacial score (nSPS) is 13.6. The van der Waals surface area contributed by atoms with Gasteiger partial charge in [-0.25, -0.2) is 16.8 Å². The van der Waals surface area contributed by atoms with Gasteiger partial charge in [0.1, 0.15) is 0 Å². The minimum absolute atomic E-state index is 0.145. The highest BCUT2D eigenvalue weighted by molar-refractivity contribution is 7.90. The molecule has 0 saturated carbocycles. The maximum atomic E-state index is 12.1. The largest absolute Gasteiger partial charge is 0.320 e. The van der Waals surface area contributed by atoms with Crippen LogP contribution in [0.25, 0.3) is 0 Å². The fourth-order valence-electron chi connectivity index (χ4n) is 2.92. The summed E-state index contributed by atoms with van der Waals surface area (Å²) in [7, 11) is -8.21. The summed E-state index contributed by atoms with van der Waals surface area (Å²) in [4.78, 5) is 24.2. The van der Waals surface area contributed by atoms with E-state index in [0.29, 0.717) is 0 Å². The van der Waals surface area contributed by atoms with Gasteiger partial charge in [0, 0.05) is 0 Å². The smallest absolute Gasteiger partial charge is 0.250 e. The van der Waals surface area contributed by atoms with Gasteiger partial charge in [-0.05, 0) is 30.4 Å². The van der Waals surface area contributed by atoms with Gasteiger partial charge in [0.2, 0.25) is 20.0 Å². The molecule has 0 unspecified atom stereocenters. The van der Waals surface area contributed by atoms with Crippen molar-refractivity contribution in [1.82, 2.24) is 9.44 Å². The van der Waals surface area contributed by atoms with E-state index in [4.69, 9.17) is 11.5 Å². The second-order valence-corrected chi connectivity index (χ2v) is 11.2. The molecule has 0 aromatic heterocycles. The third kappa shape index (κ3) is 9.70. The van der Waals surface area contributed by atoms with Crippen LogP contribution in [0.5, 0.6) is 0 Å². The van der Waals surface area contributed by atoms with Crippen LogP contribution in [-0.2, 0) is 42.5 Å². The van der Waals surface area contributed by atoms with E-state index in [9.17, 15) is 26.4 Å². The molecule has 12 heteroatoms. The molecule has 180 valence electrons. The Labute approximate surface area is 193 Å². The number of nitrogens with two attached hydrogens (primary N) is 2. The Morgan fingerprint density at radius 2 is 1.00 bits per heavy atom. The van der Waals surface area contributed by atoms with Crippen molar-refractivity contribution in [3.8, 4) is 0 Å². The van der Waals surface area contributed by atoms with Crippen molar-refractivity contribution in [2.45, 2.75) is 31.3 Å². The van der Waals surface area contributed by atoms with Gasteiger partial charge in [-0.2, -0.15) is 0 Å². The molecule has 33 heavy (non-hydrogen) atoms. The minimum atomic E-state index is -4.11. The van der Waals surface area contributed by atoms with Crippen LogP contribution in [0.3, 0.4) is 0 Å². The Bertz CT molecular complexity index is 1050. The fraction of sp³-hybridized carbons (Fsp3) is 0.333. The molecule has 2 rings (SSSR count). The summed E-state index contributed by atoms with van der Waals surface area (Å²) < 4.78 is 52.2. The molecule has 0 spiro atoms. The van der Waals surface area contributed by atoms with Gasteiger partial charge in [0.05, 0.1) is 23.6 Å². The first kappa shape index (κ1) is 26.5.